The summed E-state index contributed by atoms with van der Waals surface area (Å²) < 4.78 is 0. The number of nitrogens with zero attached hydrogens (tertiary/aromatic N) is 2. The fourth-order valence-electron chi connectivity index (χ4n) is 1.48. The van der Waals surface area contributed by atoms with Gasteiger partial charge < -0.3 is 10.6 Å². The number of amides is 1. The van der Waals surface area contributed by atoms with Gasteiger partial charge in [0.2, 0.25) is 0 Å². The second-order valence-corrected chi connectivity index (χ2v) is 5.61. The molecule has 4 nitrogen and oxygen atoms in total. The van der Waals surface area contributed by atoms with Crippen molar-refractivity contribution in [2.24, 2.45) is 5.73 Å². The maximum absolute atomic E-state index is 12.2. The van der Waals surface area contributed by atoms with Crippen LogP contribution in [0.25, 0.3) is 0 Å². The number of rotatable bonds is 3. The Labute approximate surface area is 119 Å². The Hall–Kier alpha value is -1.68. The van der Waals surface area contributed by atoms with E-state index in [1.165, 1.54) is 22.7 Å². The van der Waals surface area contributed by atoms with E-state index in [9.17, 15) is 4.79 Å². The second kappa shape index (κ2) is 6.48. The predicted molar refractivity (Wildman–Crippen MR) is 78.2 cm³/mol. The first kappa shape index (κ1) is 13.7. The number of hydrogen-bond donors (Lipinski definition) is 1. The number of aromatic nitrogens is 1. The average molecular weight is 291 g/mol. The van der Waals surface area contributed by atoms with Crippen LogP contribution in [0.1, 0.15) is 20.2 Å². The molecule has 0 unspecified atom stereocenters. The van der Waals surface area contributed by atoms with Crippen LogP contribution in [0.4, 0.5) is 0 Å². The summed E-state index contributed by atoms with van der Waals surface area (Å²) in [7, 11) is 1.77. The Morgan fingerprint density at radius 2 is 2.37 bits per heavy atom. The molecule has 6 heteroatoms. The normalized spacial score (nSPS) is 9.79. The minimum Gasteiger partial charge on any atom is -0.335 e. The van der Waals surface area contributed by atoms with Gasteiger partial charge in [-0.3, -0.25) is 4.79 Å². The lowest BCUT2D eigenvalue weighted by molar-refractivity contribution is 0.0788. The number of hydrogen-bond acceptors (Lipinski definition) is 5. The number of thiophene rings is 1. The van der Waals surface area contributed by atoms with Crippen molar-refractivity contribution in [1.82, 2.24) is 9.88 Å². The molecule has 0 bridgehead atoms. The first-order valence-corrected chi connectivity index (χ1v) is 7.38. The topological polar surface area (TPSA) is 59.2 Å². The van der Waals surface area contributed by atoms with Gasteiger partial charge in [-0.25, -0.2) is 4.98 Å². The van der Waals surface area contributed by atoms with E-state index >= 15 is 0 Å². The van der Waals surface area contributed by atoms with Gasteiger partial charge in [0, 0.05) is 12.4 Å². The summed E-state index contributed by atoms with van der Waals surface area (Å²) in [5.74, 6) is 5.69. The van der Waals surface area contributed by atoms with E-state index in [0.29, 0.717) is 18.0 Å². The lowest BCUT2D eigenvalue weighted by atomic mass is 10.3. The van der Waals surface area contributed by atoms with Gasteiger partial charge in [0.25, 0.3) is 5.91 Å². The Kier molecular flexibility index (Phi) is 4.68. The largest absolute Gasteiger partial charge is 0.335 e. The second-order valence-electron chi connectivity index (χ2n) is 3.81. The fourth-order valence-corrected chi connectivity index (χ4v) is 2.90. The van der Waals surface area contributed by atoms with E-state index in [-0.39, 0.29) is 5.91 Å². The average Bonchev–Trinajstić information content (AvgIpc) is 3.06. The van der Waals surface area contributed by atoms with E-state index in [1.54, 1.807) is 23.5 Å². The molecule has 2 heterocycles. The molecule has 2 N–H and O–H groups in total. The molecular formula is C13H13N3OS2. The molecule has 0 aliphatic carbocycles. The maximum atomic E-state index is 12.2. The minimum atomic E-state index is -0.0150. The summed E-state index contributed by atoms with van der Waals surface area (Å²) in [6.07, 6.45) is 0. The summed E-state index contributed by atoms with van der Waals surface area (Å²) >= 11 is 2.91. The smallest absolute Gasteiger partial charge is 0.264 e. The zero-order chi connectivity index (χ0) is 13.7. The van der Waals surface area contributed by atoms with Crippen LogP contribution in [0.2, 0.25) is 0 Å². The molecule has 1 amide bonds. The molecule has 0 radical (unpaired) electrons. The molecule has 98 valence electrons. The SMILES string of the molecule is CN(Cc1cscn1)C(=O)c1ccc(C#CCN)s1. The summed E-state index contributed by atoms with van der Waals surface area (Å²) in [6, 6.07) is 3.64. The van der Waals surface area contributed by atoms with E-state index in [1.807, 2.05) is 11.4 Å². The lowest BCUT2D eigenvalue weighted by Gasteiger charge is -2.14. The van der Waals surface area contributed by atoms with Crippen LogP contribution >= 0.6 is 22.7 Å². The maximum Gasteiger partial charge on any atom is 0.264 e. The fraction of sp³-hybridized carbons (Fsp3) is 0.231. The Balaban J connectivity index is 2.04. The molecule has 2 aromatic rings. The first-order chi connectivity index (χ1) is 9.20. The highest BCUT2D eigenvalue weighted by molar-refractivity contribution is 7.14. The van der Waals surface area contributed by atoms with Crippen LogP contribution in [-0.2, 0) is 6.54 Å². The van der Waals surface area contributed by atoms with E-state index in [2.05, 4.69) is 16.8 Å². The van der Waals surface area contributed by atoms with Crippen molar-refractivity contribution < 1.29 is 4.79 Å². The molecule has 2 rings (SSSR count). The molecule has 2 aromatic heterocycles. The van der Waals surface area contributed by atoms with Gasteiger partial charge in [0.1, 0.15) is 0 Å². The monoisotopic (exact) mass is 291 g/mol. The summed E-state index contributed by atoms with van der Waals surface area (Å²) in [5, 5.41) is 1.94. The highest BCUT2D eigenvalue weighted by Gasteiger charge is 2.14. The van der Waals surface area contributed by atoms with Gasteiger partial charge in [0.15, 0.2) is 0 Å². The third-order valence-electron chi connectivity index (χ3n) is 2.36. The van der Waals surface area contributed by atoms with Crippen molar-refractivity contribution in [2.45, 2.75) is 6.54 Å². The van der Waals surface area contributed by atoms with Gasteiger partial charge in [-0.2, -0.15) is 0 Å². The molecule has 0 atom stereocenters. The van der Waals surface area contributed by atoms with E-state index < -0.39 is 0 Å². The summed E-state index contributed by atoms with van der Waals surface area (Å²) in [5.41, 5.74) is 7.98. The summed E-state index contributed by atoms with van der Waals surface area (Å²) in [4.78, 5) is 19.6. The molecule has 0 aliphatic rings. The molecule has 0 saturated carbocycles. The number of carbonyl (C=O) groups is 1. The lowest BCUT2D eigenvalue weighted by Crippen LogP contribution is -2.25. The van der Waals surface area contributed by atoms with Crippen molar-refractivity contribution >= 4 is 28.6 Å². The molecule has 0 spiro atoms. The molecule has 0 aliphatic heterocycles. The Morgan fingerprint density at radius 3 is 3.05 bits per heavy atom. The number of nitrogens with two attached hydrogens (primary N) is 1. The third-order valence-corrected chi connectivity index (χ3v) is 3.98. The van der Waals surface area contributed by atoms with Gasteiger partial charge in [-0.15, -0.1) is 22.7 Å². The summed E-state index contributed by atoms with van der Waals surface area (Å²) in [6.45, 7) is 0.842. The zero-order valence-electron chi connectivity index (χ0n) is 10.4. The van der Waals surface area contributed by atoms with Crippen LogP contribution in [0.5, 0.6) is 0 Å². The van der Waals surface area contributed by atoms with Crippen LogP contribution in [0, 0.1) is 11.8 Å². The number of carbonyl (C=O) groups excluding carboxylic acids is 1. The zero-order valence-corrected chi connectivity index (χ0v) is 12.1. The van der Waals surface area contributed by atoms with Crippen LogP contribution in [0.3, 0.4) is 0 Å². The standard InChI is InChI=1S/C13H13N3OS2/c1-16(7-10-8-18-9-15-10)13(17)12-5-4-11(19-12)3-2-6-14/h4-5,8-9H,6-7,14H2,1H3. The highest BCUT2D eigenvalue weighted by atomic mass is 32.1. The third kappa shape index (κ3) is 3.64. The Bertz CT molecular complexity index is 607. The molecule has 0 fully saturated rings. The van der Waals surface area contributed by atoms with Gasteiger partial charge >= 0.3 is 0 Å². The number of thiazole rings is 1. The molecule has 0 saturated heterocycles. The van der Waals surface area contributed by atoms with Gasteiger partial charge in [0.05, 0.1) is 34.0 Å². The predicted octanol–water partition coefficient (Wildman–Crippen LogP) is 1.79. The first-order valence-electron chi connectivity index (χ1n) is 5.62. The van der Waals surface area contributed by atoms with Gasteiger partial charge in [-0.05, 0) is 12.1 Å². The van der Waals surface area contributed by atoms with Crippen molar-refractivity contribution in [3.05, 3.63) is 38.5 Å². The highest BCUT2D eigenvalue weighted by Crippen LogP contribution is 2.18. The molecule has 19 heavy (non-hydrogen) atoms. The Morgan fingerprint density at radius 1 is 1.53 bits per heavy atom. The van der Waals surface area contributed by atoms with Crippen LogP contribution in [-0.4, -0.2) is 29.4 Å². The molecular weight excluding hydrogens is 278 g/mol. The van der Waals surface area contributed by atoms with Crippen molar-refractivity contribution in [2.75, 3.05) is 13.6 Å². The molecule has 0 aromatic carbocycles. The van der Waals surface area contributed by atoms with E-state index in [0.717, 1.165) is 10.6 Å². The van der Waals surface area contributed by atoms with Gasteiger partial charge in [-0.1, -0.05) is 11.8 Å². The quantitative estimate of drug-likeness (QED) is 0.877. The van der Waals surface area contributed by atoms with Crippen molar-refractivity contribution in [3.8, 4) is 11.8 Å². The van der Waals surface area contributed by atoms with E-state index in [4.69, 9.17) is 5.73 Å². The van der Waals surface area contributed by atoms with Crippen LogP contribution < -0.4 is 5.73 Å². The van der Waals surface area contributed by atoms with Crippen molar-refractivity contribution in [3.63, 3.8) is 0 Å². The minimum absolute atomic E-state index is 0.0150. The van der Waals surface area contributed by atoms with Crippen LogP contribution in [0.15, 0.2) is 23.0 Å². The van der Waals surface area contributed by atoms with Crippen molar-refractivity contribution in [1.29, 1.82) is 0 Å².